The molecule has 0 N–H and O–H groups in total. The van der Waals surface area contributed by atoms with Gasteiger partial charge >= 0.3 is 0 Å². The number of nitrogens with zero attached hydrogens (tertiary/aromatic N) is 2. The quantitative estimate of drug-likeness (QED) is 0.451. The maximum absolute atomic E-state index is 6.64. The summed E-state index contributed by atoms with van der Waals surface area (Å²) in [4.78, 5) is 0. The molecule has 0 unspecified atom stereocenters. The van der Waals surface area contributed by atoms with Crippen molar-refractivity contribution >= 4 is 39.4 Å². The molecule has 0 aliphatic carbocycles. The lowest BCUT2D eigenvalue weighted by Crippen LogP contribution is -2.24. The first-order chi connectivity index (χ1) is 11.3. The van der Waals surface area contributed by atoms with Crippen LogP contribution in [-0.4, -0.2) is 24.3 Å². The second-order valence-corrected chi connectivity index (χ2v) is 6.46. The molecule has 0 spiro atoms. The fraction of sp³-hybridized carbons (Fsp3) is 0.250. The predicted octanol–water partition coefficient (Wildman–Crippen LogP) is 5.47. The first kappa shape index (κ1) is 14.5. The van der Waals surface area contributed by atoms with Crippen molar-refractivity contribution in [2.75, 3.05) is 13.1 Å². The molecule has 1 aliphatic heterocycles. The van der Waals surface area contributed by atoms with Gasteiger partial charge < -0.3 is 0 Å². The van der Waals surface area contributed by atoms with Gasteiger partial charge in [0.2, 0.25) is 0 Å². The van der Waals surface area contributed by atoms with Crippen molar-refractivity contribution < 1.29 is 0 Å². The van der Waals surface area contributed by atoms with Gasteiger partial charge in [0.25, 0.3) is 0 Å². The average Bonchev–Trinajstić information content (AvgIpc) is 2.63. The van der Waals surface area contributed by atoms with Crippen molar-refractivity contribution in [1.29, 1.82) is 0 Å². The summed E-state index contributed by atoms with van der Waals surface area (Å²) < 4.78 is 0. The Kier molecular flexibility index (Phi) is 3.92. The van der Waals surface area contributed by atoms with Crippen molar-refractivity contribution in [3.05, 3.63) is 59.1 Å². The van der Waals surface area contributed by atoms with Gasteiger partial charge in [-0.2, -0.15) is 5.10 Å². The molecule has 4 rings (SSSR count). The standard InChI is InChI=1S/C20H19ClN2/c21-20-17-10-4-2-8-15(17)19(16-9-3-5-11-18(16)20)14-22-23-12-6-1-7-13-23/h2-5,8-11,14H,1,6-7,12-13H2. The van der Waals surface area contributed by atoms with Gasteiger partial charge in [0.15, 0.2) is 0 Å². The lowest BCUT2D eigenvalue weighted by Gasteiger charge is -2.23. The zero-order valence-corrected chi connectivity index (χ0v) is 13.8. The smallest absolute Gasteiger partial charge is 0.0563 e. The maximum Gasteiger partial charge on any atom is 0.0563 e. The number of benzene rings is 3. The summed E-state index contributed by atoms with van der Waals surface area (Å²) in [5.41, 5.74) is 1.16. The monoisotopic (exact) mass is 322 g/mol. The van der Waals surface area contributed by atoms with Gasteiger partial charge in [0.1, 0.15) is 0 Å². The summed E-state index contributed by atoms with van der Waals surface area (Å²) in [5, 5.41) is 12.3. The van der Waals surface area contributed by atoms with Crippen molar-refractivity contribution in [3.8, 4) is 0 Å². The zero-order valence-electron chi connectivity index (χ0n) is 13.0. The van der Waals surface area contributed by atoms with Crippen LogP contribution in [0.5, 0.6) is 0 Å². The molecule has 3 heteroatoms. The van der Waals surface area contributed by atoms with Crippen LogP contribution in [0.25, 0.3) is 21.5 Å². The van der Waals surface area contributed by atoms with Crippen LogP contribution in [0.15, 0.2) is 53.6 Å². The molecule has 0 saturated carbocycles. The molecule has 0 amide bonds. The van der Waals surface area contributed by atoms with E-state index in [0.29, 0.717) is 0 Å². The molecule has 0 aromatic heterocycles. The molecule has 0 bridgehead atoms. The van der Waals surface area contributed by atoms with E-state index in [1.807, 2.05) is 18.3 Å². The molecular formula is C20H19ClN2. The summed E-state index contributed by atoms with van der Waals surface area (Å²) in [5.74, 6) is 0. The lowest BCUT2D eigenvalue weighted by atomic mass is 9.97. The minimum Gasteiger partial charge on any atom is -0.297 e. The molecular weight excluding hydrogens is 304 g/mol. The maximum atomic E-state index is 6.64. The van der Waals surface area contributed by atoms with Crippen LogP contribution >= 0.6 is 11.6 Å². The molecule has 1 aliphatic rings. The number of piperidine rings is 1. The molecule has 0 radical (unpaired) electrons. The Hall–Kier alpha value is -2.06. The minimum absolute atomic E-state index is 0.825. The van der Waals surface area contributed by atoms with E-state index in [-0.39, 0.29) is 0 Å². The van der Waals surface area contributed by atoms with E-state index in [4.69, 9.17) is 16.7 Å². The molecule has 1 fully saturated rings. The highest BCUT2D eigenvalue weighted by Crippen LogP contribution is 2.35. The third kappa shape index (κ3) is 2.68. The number of rotatable bonds is 2. The Bertz CT molecular complexity index is 822. The fourth-order valence-electron chi connectivity index (χ4n) is 3.38. The summed E-state index contributed by atoms with van der Waals surface area (Å²) in [6.07, 6.45) is 5.81. The van der Waals surface area contributed by atoms with Gasteiger partial charge in [-0.15, -0.1) is 0 Å². The van der Waals surface area contributed by atoms with Gasteiger partial charge in [-0.1, -0.05) is 60.1 Å². The predicted molar refractivity (Wildman–Crippen MR) is 99.5 cm³/mol. The van der Waals surface area contributed by atoms with E-state index in [9.17, 15) is 0 Å². The molecule has 1 heterocycles. The average molecular weight is 323 g/mol. The Balaban J connectivity index is 1.91. The fourth-order valence-corrected chi connectivity index (χ4v) is 3.71. The number of hydrogen-bond acceptors (Lipinski definition) is 2. The van der Waals surface area contributed by atoms with Crippen LogP contribution in [0.4, 0.5) is 0 Å². The number of hydrogen-bond donors (Lipinski definition) is 0. The third-order valence-corrected chi connectivity index (χ3v) is 5.00. The van der Waals surface area contributed by atoms with Crippen LogP contribution < -0.4 is 0 Å². The first-order valence-electron chi connectivity index (χ1n) is 8.22. The van der Waals surface area contributed by atoms with Gasteiger partial charge in [-0.05, 0) is 30.0 Å². The van der Waals surface area contributed by atoms with Gasteiger partial charge in [0.05, 0.1) is 11.2 Å². The van der Waals surface area contributed by atoms with E-state index in [1.165, 1.54) is 19.3 Å². The summed E-state index contributed by atoms with van der Waals surface area (Å²) in [6.45, 7) is 2.11. The van der Waals surface area contributed by atoms with Crippen LogP contribution in [0, 0.1) is 0 Å². The van der Waals surface area contributed by atoms with Crippen LogP contribution in [0.1, 0.15) is 24.8 Å². The van der Waals surface area contributed by atoms with Gasteiger partial charge in [-0.25, -0.2) is 0 Å². The third-order valence-electron chi connectivity index (χ3n) is 4.59. The first-order valence-corrected chi connectivity index (χ1v) is 8.60. The molecule has 23 heavy (non-hydrogen) atoms. The van der Waals surface area contributed by atoms with E-state index in [2.05, 4.69) is 41.4 Å². The number of halogens is 1. The number of hydrazone groups is 1. The Morgan fingerprint density at radius 2 is 1.30 bits per heavy atom. The van der Waals surface area contributed by atoms with E-state index >= 15 is 0 Å². The highest BCUT2D eigenvalue weighted by Gasteiger charge is 2.12. The molecule has 1 saturated heterocycles. The van der Waals surface area contributed by atoms with Gasteiger partial charge in [-0.3, -0.25) is 5.01 Å². The summed E-state index contributed by atoms with van der Waals surface area (Å²) in [7, 11) is 0. The number of fused-ring (bicyclic) bond motifs is 2. The van der Waals surface area contributed by atoms with Gasteiger partial charge in [0, 0.05) is 29.4 Å². The second-order valence-electron chi connectivity index (χ2n) is 6.08. The van der Waals surface area contributed by atoms with Crippen molar-refractivity contribution in [1.82, 2.24) is 5.01 Å². The van der Waals surface area contributed by atoms with E-state index in [1.54, 1.807) is 0 Å². The van der Waals surface area contributed by atoms with Crippen molar-refractivity contribution in [2.24, 2.45) is 5.10 Å². The Labute approximate surface area is 141 Å². The molecule has 3 aromatic carbocycles. The van der Waals surface area contributed by atoms with Crippen molar-refractivity contribution in [3.63, 3.8) is 0 Å². The second kappa shape index (κ2) is 6.21. The van der Waals surface area contributed by atoms with Crippen LogP contribution in [0.2, 0.25) is 5.02 Å². The SMILES string of the molecule is Clc1c2ccccc2c(C=NN2CCCCC2)c2ccccc12. The summed E-state index contributed by atoms with van der Waals surface area (Å²) >= 11 is 6.64. The minimum atomic E-state index is 0.825. The molecule has 3 aromatic rings. The highest BCUT2D eigenvalue weighted by atomic mass is 35.5. The van der Waals surface area contributed by atoms with E-state index in [0.717, 1.165) is 45.2 Å². The topological polar surface area (TPSA) is 15.6 Å². The highest BCUT2D eigenvalue weighted by molar-refractivity contribution is 6.42. The van der Waals surface area contributed by atoms with Crippen LogP contribution in [0.3, 0.4) is 0 Å². The largest absolute Gasteiger partial charge is 0.297 e. The molecule has 0 atom stereocenters. The summed E-state index contributed by atoms with van der Waals surface area (Å²) in [6, 6.07) is 16.6. The van der Waals surface area contributed by atoms with Crippen LogP contribution in [-0.2, 0) is 0 Å². The zero-order chi connectivity index (χ0) is 15.6. The van der Waals surface area contributed by atoms with Crippen molar-refractivity contribution in [2.45, 2.75) is 19.3 Å². The molecule has 2 nitrogen and oxygen atoms in total. The Morgan fingerprint density at radius 1 is 0.783 bits per heavy atom. The van der Waals surface area contributed by atoms with E-state index < -0.39 is 0 Å². The normalized spacial score (nSPS) is 15.8. The Morgan fingerprint density at radius 3 is 1.87 bits per heavy atom. The lowest BCUT2D eigenvalue weighted by molar-refractivity contribution is 0.240. The molecule has 116 valence electrons.